The van der Waals surface area contributed by atoms with Crippen molar-refractivity contribution in [1.82, 2.24) is 15.1 Å². The van der Waals surface area contributed by atoms with Crippen LogP contribution >= 0.6 is 0 Å². The molecule has 0 saturated carbocycles. The summed E-state index contributed by atoms with van der Waals surface area (Å²) in [5, 5.41) is 3.36. The number of carbonyl (C=O) groups is 1. The van der Waals surface area contributed by atoms with Crippen LogP contribution in [-0.4, -0.2) is 67.6 Å². The highest BCUT2D eigenvalue weighted by molar-refractivity contribution is 6.72. The Bertz CT molecular complexity index is 994. The van der Waals surface area contributed by atoms with Gasteiger partial charge in [-0.3, -0.25) is 9.69 Å². The molecule has 1 heterocycles. The van der Waals surface area contributed by atoms with E-state index in [4.69, 9.17) is 0 Å². The van der Waals surface area contributed by atoms with Gasteiger partial charge in [0, 0.05) is 44.3 Å². The van der Waals surface area contributed by atoms with Crippen LogP contribution < -0.4 is 5.32 Å². The lowest BCUT2D eigenvalue weighted by atomic mass is 9.92. The van der Waals surface area contributed by atoms with Crippen molar-refractivity contribution in [3.05, 3.63) is 70.8 Å². The Kier molecular flexibility index (Phi) is 9.55. The van der Waals surface area contributed by atoms with Gasteiger partial charge in [-0.05, 0) is 73.6 Å². The summed E-state index contributed by atoms with van der Waals surface area (Å²) in [7, 11) is -2.30. The molecule has 36 heavy (non-hydrogen) atoms. The zero-order valence-corrected chi connectivity index (χ0v) is 24.5. The molecule has 1 aliphatic heterocycles. The first-order chi connectivity index (χ1) is 17.0. The molecule has 5 nitrogen and oxygen atoms in total. The highest BCUT2D eigenvalue weighted by atomic mass is 28.4. The van der Waals surface area contributed by atoms with Crippen LogP contribution in [0.5, 0.6) is 0 Å². The maximum Gasteiger partial charge on any atom is 0.254 e. The molecule has 0 aromatic heterocycles. The number of hydrogen-bond acceptors (Lipinski definition) is 4. The van der Waals surface area contributed by atoms with E-state index >= 15 is 0 Å². The predicted octanol–water partition coefficient (Wildman–Crippen LogP) is 5.46. The summed E-state index contributed by atoms with van der Waals surface area (Å²) in [6, 6.07) is 17.6. The predicted molar refractivity (Wildman–Crippen MR) is 153 cm³/mol. The summed E-state index contributed by atoms with van der Waals surface area (Å²) in [5.74, 6) is 0.108. The Hall–Kier alpha value is -1.99. The molecule has 0 radical (unpaired) electrons. The zero-order chi connectivity index (χ0) is 26.5. The van der Waals surface area contributed by atoms with Crippen molar-refractivity contribution in [3.8, 4) is 0 Å². The summed E-state index contributed by atoms with van der Waals surface area (Å²) in [5.41, 5.74) is 4.52. The van der Waals surface area contributed by atoms with Gasteiger partial charge in [0.2, 0.25) is 0 Å². The summed E-state index contributed by atoms with van der Waals surface area (Å²) in [6.07, 6.45) is 1.81. The molecule has 2 N–H and O–H groups in total. The smallest absolute Gasteiger partial charge is 0.254 e. The van der Waals surface area contributed by atoms with Crippen LogP contribution in [0, 0.1) is 0 Å². The van der Waals surface area contributed by atoms with Crippen molar-refractivity contribution in [1.29, 1.82) is 0 Å². The molecule has 1 amide bonds. The van der Waals surface area contributed by atoms with E-state index in [0.29, 0.717) is 0 Å². The Morgan fingerprint density at radius 1 is 1.08 bits per heavy atom. The summed E-state index contributed by atoms with van der Waals surface area (Å²) in [4.78, 5) is 28.5. The van der Waals surface area contributed by atoms with Gasteiger partial charge in [0.1, 0.15) is 0 Å². The minimum atomic E-state index is -2.30. The molecular weight excluding hydrogens is 462 g/mol. The lowest BCUT2D eigenvalue weighted by molar-refractivity contribution is 0.0700. The summed E-state index contributed by atoms with van der Waals surface area (Å²) in [6.45, 7) is 19.4. The van der Waals surface area contributed by atoms with Crippen molar-refractivity contribution in [2.75, 3.05) is 32.7 Å². The van der Waals surface area contributed by atoms with Crippen LogP contribution in [-0.2, 0) is 6.42 Å². The van der Waals surface area contributed by atoms with Gasteiger partial charge in [-0.25, -0.2) is 0 Å². The molecule has 0 aliphatic carbocycles. The first-order valence-electron chi connectivity index (χ1n) is 13.7. The van der Waals surface area contributed by atoms with Crippen LogP contribution in [0.3, 0.4) is 0 Å². The molecular formula is C30H47N3O2Si. The third-order valence-electron chi connectivity index (χ3n) is 8.28. The fourth-order valence-electron chi connectivity index (χ4n) is 5.00. The number of amides is 1. The average Bonchev–Trinajstić information content (AvgIpc) is 2.85. The van der Waals surface area contributed by atoms with E-state index in [0.717, 1.165) is 51.1 Å². The van der Waals surface area contributed by atoms with Crippen LogP contribution in [0.4, 0.5) is 0 Å². The molecule has 2 unspecified atom stereocenters. The second-order valence-corrected chi connectivity index (χ2v) is 16.0. The minimum Gasteiger partial charge on any atom is -0.432 e. The van der Waals surface area contributed by atoms with Crippen LogP contribution in [0.1, 0.15) is 74.1 Å². The lowest BCUT2D eigenvalue weighted by Gasteiger charge is -2.37. The molecule has 198 valence electrons. The monoisotopic (exact) mass is 509 g/mol. The van der Waals surface area contributed by atoms with E-state index in [1.54, 1.807) is 0 Å². The minimum absolute atomic E-state index is 0.108. The molecule has 1 saturated heterocycles. The number of hydrogen-bond donors (Lipinski definition) is 2. The maximum absolute atomic E-state index is 13.2. The topological polar surface area (TPSA) is 55.8 Å². The molecule has 2 aromatic carbocycles. The fourth-order valence-corrected chi connectivity index (χ4v) is 5.64. The fraction of sp³-hybridized carbons (Fsp3) is 0.567. The normalized spacial score (nSPS) is 17.0. The molecule has 1 fully saturated rings. The van der Waals surface area contributed by atoms with Gasteiger partial charge in [0.15, 0.2) is 8.32 Å². The third-order valence-corrected chi connectivity index (χ3v) is 11.8. The molecule has 2 atom stereocenters. The molecule has 0 spiro atoms. The maximum atomic E-state index is 13.2. The number of piperazine rings is 1. The van der Waals surface area contributed by atoms with Crippen molar-refractivity contribution in [3.63, 3.8) is 0 Å². The number of carbonyl (C=O) groups excluding carboxylic acids is 1. The van der Waals surface area contributed by atoms with Crippen molar-refractivity contribution < 1.29 is 9.59 Å². The largest absolute Gasteiger partial charge is 0.432 e. The average molecular weight is 510 g/mol. The summed E-state index contributed by atoms with van der Waals surface area (Å²) >= 11 is 0. The Morgan fingerprint density at radius 3 is 2.28 bits per heavy atom. The van der Waals surface area contributed by atoms with E-state index in [2.05, 4.69) is 74.3 Å². The van der Waals surface area contributed by atoms with E-state index in [-0.39, 0.29) is 23.0 Å². The quantitative estimate of drug-likeness (QED) is 0.418. The molecule has 0 bridgehead atoms. The lowest BCUT2D eigenvalue weighted by Crippen LogP contribution is -2.45. The second-order valence-electron chi connectivity index (χ2n) is 11.5. The van der Waals surface area contributed by atoms with Gasteiger partial charge in [0.05, 0.1) is 6.04 Å². The van der Waals surface area contributed by atoms with Gasteiger partial charge in [-0.1, -0.05) is 57.2 Å². The Morgan fingerprint density at radius 2 is 1.72 bits per heavy atom. The van der Waals surface area contributed by atoms with Crippen LogP contribution in [0.2, 0.25) is 18.1 Å². The summed E-state index contributed by atoms with van der Waals surface area (Å²) < 4.78 is 0. The first-order valence-corrected chi connectivity index (χ1v) is 16.6. The van der Waals surface area contributed by atoms with E-state index in [1.165, 1.54) is 16.7 Å². The zero-order valence-electron chi connectivity index (χ0n) is 23.5. The second kappa shape index (κ2) is 12.0. The van der Waals surface area contributed by atoms with Gasteiger partial charge in [0.25, 0.3) is 5.91 Å². The Balaban J connectivity index is 1.94. The Labute approximate surface area is 220 Å². The van der Waals surface area contributed by atoms with Crippen molar-refractivity contribution in [2.45, 2.75) is 77.7 Å². The van der Waals surface area contributed by atoms with Crippen LogP contribution in [0.15, 0.2) is 48.5 Å². The number of rotatable bonds is 10. The van der Waals surface area contributed by atoms with Crippen molar-refractivity contribution in [2.24, 2.45) is 0 Å². The number of nitrogens with one attached hydrogen (secondary N) is 1. The molecule has 6 heteroatoms. The van der Waals surface area contributed by atoms with E-state index in [9.17, 15) is 9.59 Å². The van der Waals surface area contributed by atoms with Gasteiger partial charge >= 0.3 is 0 Å². The third kappa shape index (κ3) is 6.65. The van der Waals surface area contributed by atoms with Gasteiger partial charge in [-0.15, -0.1) is 0 Å². The van der Waals surface area contributed by atoms with Gasteiger partial charge in [-0.2, -0.15) is 0 Å². The number of nitrogens with zero attached hydrogens (tertiary/aromatic N) is 2. The van der Waals surface area contributed by atoms with Crippen LogP contribution in [0.25, 0.3) is 0 Å². The van der Waals surface area contributed by atoms with Gasteiger partial charge < -0.3 is 15.0 Å². The highest BCUT2D eigenvalue weighted by Crippen LogP contribution is 2.39. The molecule has 1 aliphatic rings. The molecule has 2 aromatic rings. The standard InChI is InChI=1S/C30H47N3O2Si/c1-8-23(3)33(9-2)29(34)26-15-13-25(14-16-26)28(32-19-17-31-18-20-32)27-12-10-11-24(21-27)22-30(4,5)36(6,7)35/h10-16,21,23,28,31,35H,8-9,17-20,22H2,1-7H3. The highest BCUT2D eigenvalue weighted by Gasteiger charge is 2.38. The van der Waals surface area contributed by atoms with E-state index < -0.39 is 8.32 Å². The van der Waals surface area contributed by atoms with Crippen molar-refractivity contribution >= 4 is 14.2 Å². The first kappa shape index (κ1) is 28.6. The molecule has 3 rings (SSSR count). The SMILES string of the molecule is CCC(C)N(CC)C(=O)c1ccc(C(c2cccc(CC(C)(C)[Si](C)(C)O)c2)N2CCNCC2)cc1. The van der Waals surface area contributed by atoms with E-state index in [1.807, 2.05) is 37.1 Å². The number of benzene rings is 2.